The summed E-state index contributed by atoms with van der Waals surface area (Å²) in [5.41, 5.74) is 3.89. The van der Waals surface area contributed by atoms with Gasteiger partial charge < -0.3 is 28.8 Å². The number of ether oxygens (including phenoxy) is 5. The van der Waals surface area contributed by atoms with Crippen LogP contribution in [0.3, 0.4) is 0 Å². The molecule has 0 saturated heterocycles. The van der Waals surface area contributed by atoms with Gasteiger partial charge in [-0.1, -0.05) is 13.8 Å². The summed E-state index contributed by atoms with van der Waals surface area (Å²) in [5, 5.41) is 10.6. The van der Waals surface area contributed by atoms with Gasteiger partial charge in [-0.3, -0.25) is 0 Å². The van der Waals surface area contributed by atoms with Crippen LogP contribution in [0.5, 0.6) is 34.5 Å². The molecule has 0 aromatic heterocycles. The Morgan fingerprint density at radius 1 is 0.893 bits per heavy atom. The molecular weight excluding hydrogens is 360 g/mol. The Morgan fingerprint density at radius 3 is 2.25 bits per heavy atom. The van der Waals surface area contributed by atoms with E-state index in [1.54, 1.807) is 20.3 Å². The minimum absolute atomic E-state index is 0.0324. The molecule has 0 bridgehead atoms. The lowest BCUT2D eigenvalue weighted by molar-refractivity contribution is 0.171. The van der Waals surface area contributed by atoms with Crippen LogP contribution in [0.1, 0.15) is 25.0 Å². The monoisotopic (exact) mass is 386 g/mol. The van der Waals surface area contributed by atoms with Gasteiger partial charge in [-0.2, -0.15) is 0 Å². The van der Waals surface area contributed by atoms with Gasteiger partial charge >= 0.3 is 0 Å². The second-order valence-corrected chi connectivity index (χ2v) is 7.53. The number of benzene rings is 2. The third-order valence-electron chi connectivity index (χ3n) is 5.94. The largest absolute Gasteiger partial charge is 0.504 e. The zero-order valence-electron chi connectivity index (χ0n) is 16.9. The fourth-order valence-electron chi connectivity index (χ4n) is 4.29. The summed E-state index contributed by atoms with van der Waals surface area (Å²) in [7, 11) is 4.76. The lowest BCUT2D eigenvalue weighted by atomic mass is 9.77. The Morgan fingerprint density at radius 2 is 1.57 bits per heavy atom. The molecule has 2 aromatic carbocycles. The highest BCUT2D eigenvalue weighted by molar-refractivity contribution is 5.85. The average molecular weight is 386 g/mol. The van der Waals surface area contributed by atoms with Gasteiger partial charge in [-0.25, -0.2) is 0 Å². The molecular formula is C22H26O6. The van der Waals surface area contributed by atoms with Crippen molar-refractivity contribution in [3.05, 3.63) is 23.3 Å². The molecule has 0 saturated carbocycles. The van der Waals surface area contributed by atoms with Crippen LogP contribution in [0, 0.1) is 11.8 Å². The molecule has 0 radical (unpaired) electrons. The number of phenolic OH excluding ortho intramolecular Hbond substituents is 1. The minimum atomic E-state index is 0.0324. The average Bonchev–Trinajstić information content (AvgIpc) is 3.14. The molecule has 2 aromatic rings. The fraction of sp³-hybridized carbons (Fsp3) is 0.455. The zero-order valence-corrected chi connectivity index (χ0v) is 16.9. The molecule has 2 aliphatic rings. The van der Waals surface area contributed by atoms with Crippen LogP contribution in [0.4, 0.5) is 0 Å². The van der Waals surface area contributed by atoms with Gasteiger partial charge in [0.2, 0.25) is 18.3 Å². The van der Waals surface area contributed by atoms with Crippen molar-refractivity contribution in [1.82, 2.24) is 0 Å². The molecule has 0 amide bonds. The highest BCUT2D eigenvalue weighted by Crippen LogP contribution is 2.55. The molecule has 1 aliphatic heterocycles. The Bertz CT molecular complexity index is 920. The van der Waals surface area contributed by atoms with Crippen molar-refractivity contribution >= 4 is 0 Å². The SMILES string of the molecule is COc1c(O)cc2c(c1OC)C[C@H](C)[C@@H](C)Cc1cc3c(c(OC)c1-2)OCO3. The molecule has 150 valence electrons. The summed E-state index contributed by atoms with van der Waals surface area (Å²) in [6.07, 6.45) is 1.67. The first-order valence-electron chi connectivity index (χ1n) is 9.46. The first-order valence-corrected chi connectivity index (χ1v) is 9.46. The predicted octanol–water partition coefficient (Wildman–Crippen LogP) is 4.18. The number of hydrogen-bond donors (Lipinski definition) is 1. The summed E-state index contributed by atoms with van der Waals surface area (Å²) in [5.74, 6) is 3.70. The van der Waals surface area contributed by atoms with Crippen molar-refractivity contribution in [3.63, 3.8) is 0 Å². The molecule has 4 rings (SSSR count). The predicted molar refractivity (Wildman–Crippen MR) is 105 cm³/mol. The fourth-order valence-corrected chi connectivity index (χ4v) is 4.29. The molecule has 0 unspecified atom stereocenters. The minimum Gasteiger partial charge on any atom is -0.504 e. The first-order chi connectivity index (χ1) is 13.5. The highest BCUT2D eigenvalue weighted by atomic mass is 16.7. The lowest BCUT2D eigenvalue weighted by Crippen LogP contribution is -2.18. The van der Waals surface area contributed by atoms with Gasteiger partial charge in [0.05, 0.1) is 21.3 Å². The van der Waals surface area contributed by atoms with E-state index in [2.05, 4.69) is 13.8 Å². The van der Waals surface area contributed by atoms with Crippen LogP contribution in [-0.4, -0.2) is 33.2 Å². The van der Waals surface area contributed by atoms with E-state index < -0.39 is 0 Å². The quantitative estimate of drug-likeness (QED) is 0.853. The van der Waals surface area contributed by atoms with E-state index in [9.17, 15) is 5.11 Å². The molecule has 0 spiro atoms. The number of aromatic hydroxyl groups is 1. The number of hydrogen-bond acceptors (Lipinski definition) is 6. The van der Waals surface area contributed by atoms with Crippen LogP contribution < -0.4 is 23.7 Å². The van der Waals surface area contributed by atoms with Crippen LogP contribution in [0.2, 0.25) is 0 Å². The Hall–Kier alpha value is -2.76. The number of phenols is 1. The van der Waals surface area contributed by atoms with Gasteiger partial charge in [-0.05, 0) is 47.9 Å². The highest BCUT2D eigenvalue weighted by Gasteiger charge is 2.33. The number of methoxy groups -OCH3 is 3. The van der Waals surface area contributed by atoms with Crippen molar-refractivity contribution < 1.29 is 28.8 Å². The first kappa shape index (κ1) is 18.6. The lowest BCUT2D eigenvalue weighted by Gasteiger charge is -2.29. The zero-order chi connectivity index (χ0) is 20.0. The molecule has 1 heterocycles. The topological polar surface area (TPSA) is 66.4 Å². The van der Waals surface area contributed by atoms with Crippen molar-refractivity contribution in [3.8, 4) is 45.6 Å². The molecule has 1 aliphatic carbocycles. The van der Waals surface area contributed by atoms with Crippen LogP contribution in [0.15, 0.2) is 12.1 Å². The molecule has 2 atom stereocenters. The summed E-state index contributed by atoms with van der Waals surface area (Å²) in [4.78, 5) is 0. The summed E-state index contributed by atoms with van der Waals surface area (Å²) in [6, 6.07) is 3.77. The third-order valence-corrected chi connectivity index (χ3v) is 5.94. The molecule has 6 heteroatoms. The van der Waals surface area contributed by atoms with Crippen molar-refractivity contribution in [1.29, 1.82) is 0 Å². The van der Waals surface area contributed by atoms with E-state index >= 15 is 0 Å². The Kier molecular flexibility index (Phi) is 4.65. The number of fused-ring (bicyclic) bond motifs is 4. The van der Waals surface area contributed by atoms with Crippen molar-refractivity contribution in [2.45, 2.75) is 26.7 Å². The van der Waals surface area contributed by atoms with Gasteiger partial charge in [0.1, 0.15) is 0 Å². The normalized spacial score (nSPS) is 19.9. The van der Waals surface area contributed by atoms with E-state index in [0.29, 0.717) is 40.6 Å². The Balaban J connectivity index is 2.10. The second kappa shape index (κ2) is 7.00. The van der Waals surface area contributed by atoms with Gasteiger partial charge in [0.25, 0.3) is 0 Å². The van der Waals surface area contributed by atoms with E-state index in [-0.39, 0.29) is 12.5 Å². The number of rotatable bonds is 3. The van der Waals surface area contributed by atoms with Crippen molar-refractivity contribution in [2.75, 3.05) is 28.1 Å². The second-order valence-electron chi connectivity index (χ2n) is 7.53. The summed E-state index contributed by atoms with van der Waals surface area (Å²) >= 11 is 0. The van der Waals surface area contributed by atoms with Crippen LogP contribution in [-0.2, 0) is 12.8 Å². The summed E-state index contributed by atoms with van der Waals surface area (Å²) < 4.78 is 28.2. The van der Waals surface area contributed by atoms with Gasteiger partial charge in [-0.15, -0.1) is 0 Å². The maximum absolute atomic E-state index is 10.6. The van der Waals surface area contributed by atoms with E-state index in [1.807, 2.05) is 6.07 Å². The maximum Gasteiger partial charge on any atom is 0.231 e. The maximum atomic E-state index is 10.6. The van der Waals surface area contributed by atoms with E-state index in [4.69, 9.17) is 23.7 Å². The standard InChI is InChI=1S/C22H26O6/c1-11-6-13-8-17-21(28-10-27-17)22(26-5)18(13)14-9-16(23)20(25-4)19(24-3)15(14)7-12(11)2/h8-9,11-12,23H,6-7,10H2,1-5H3/t11-,12-/m0/s1. The molecule has 28 heavy (non-hydrogen) atoms. The Labute approximate surface area is 164 Å². The smallest absolute Gasteiger partial charge is 0.231 e. The van der Waals surface area contributed by atoms with E-state index in [1.165, 1.54) is 7.11 Å². The third kappa shape index (κ3) is 2.70. The van der Waals surface area contributed by atoms with Gasteiger partial charge in [0, 0.05) is 11.1 Å². The van der Waals surface area contributed by atoms with Gasteiger partial charge in [0.15, 0.2) is 23.0 Å². The molecule has 1 N–H and O–H groups in total. The molecule has 6 nitrogen and oxygen atoms in total. The van der Waals surface area contributed by atoms with Crippen molar-refractivity contribution in [2.24, 2.45) is 11.8 Å². The molecule has 0 fully saturated rings. The summed E-state index contributed by atoms with van der Waals surface area (Å²) in [6.45, 7) is 4.66. The van der Waals surface area contributed by atoms with Crippen LogP contribution in [0.25, 0.3) is 11.1 Å². The van der Waals surface area contributed by atoms with Crippen LogP contribution >= 0.6 is 0 Å². The van der Waals surface area contributed by atoms with E-state index in [0.717, 1.165) is 35.1 Å².